The van der Waals surface area contributed by atoms with E-state index in [-0.39, 0.29) is 5.82 Å². The largest absolute Gasteiger partial charge is 0.478 e. The predicted molar refractivity (Wildman–Crippen MR) is 79.5 cm³/mol. The molecule has 110 valence electrons. The second-order valence-electron chi connectivity index (χ2n) is 4.96. The number of carbonyl (C=O) groups is 1. The molecule has 0 radical (unpaired) electrons. The molecule has 0 aliphatic rings. The molecule has 20 heavy (non-hydrogen) atoms. The Labute approximate surface area is 119 Å². The minimum atomic E-state index is -1.05. The van der Waals surface area contributed by atoms with Crippen molar-refractivity contribution in [2.45, 2.75) is 6.42 Å². The molecule has 1 rings (SSSR count). The fraction of sp³-hybridized carbons (Fsp3) is 0.400. The van der Waals surface area contributed by atoms with Gasteiger partial charge in [-0.2, -0.15) is 0 Å². The third-order valence-corrected chi connectivity index (χ3v) is 2.90. The highest BCUT2D eigenvalue weighted by Gasteiger charge is 2.07. The zero-order chi connectivity index (χ0) is 15.1. The highest BCUT2D eigenvalue weighted by molar-refractivity contribution is 5.85. The molecular weight excluding hydrogens is 259 g/mol. The summed E-state index contributed by atoms with van der Waals surface area (Å²) in [5, 5.41) is 8.54. The topological polar surface area (TPSA) is 43.8 Å². The van der Waals surface area contributed by atoms with Crippen LogP contribution in [0.5, 0.6) is 0 Å². The van der Waals surface area contributed by atoms with E-state index in [1.165, 1.54) is 12.1 Å². The average molecular weight is 280 g/mol. The van der Waals surface area contributed by atoms with E-state index in [1.54, 1.807) is 12.1 Å². The van der Waals surface area contributed by atoms with E-state index in [0.29, 0.717) is 11.3 Å². The number of carboxylic acids is 1. The van der Waals surface area contributed by atoms with Crippen LogP contribution in [0.15, 0.2) is 24.3 Å². The Hall–Kier alpha value is -1.88. The molecule has 0 amide bonds. The first-order valence-electron chi connectivity index (χ1n) is 6.46. The summed E-state index contributed by atoms with van der Waals surface area (Å²) < 4.78 is 14.0. The second kappa shape index (κ2) is 7.65. The Kier molecular flexibility index (Phi) is 6.18. The minimum Gasteiger partial charge on any atom is -0.478 e. The summed E-state index contributed by atoms with van der Waals surface area (Å²) in [4.78, 5) is 14.4. The van der Waals surface area contributed by atoms with Gasteiger partial charge in [-0.25, -0.2) is 9.18 Å². The number of benzene rings is 1. The first-order chi connectivity index (χ1) is 9.40. The maximum Gasteiger partial charge on any atom is 0.328 e. The van der Waals surface area contributed by atoms with Gasteiger partial charge in [0.25, 0.3) is 0 Å². The monoisotopic (exact) mass is 280 g/mol. The summed E-state index contributed by atoms with van der Waals surface area (Å²) in [7, 11) is 5.86. The number of hydrogen-bond donors (Lipinski definition) is 1. The molecule has 0 atom stereocenters. The number of aliphatic carboxylic acids is 1. The van der Waals surface area contributed by atoms with E-state index in [0.717, 1.165) is 25.6 Å². The second-order valence-corrected chi connectivity index (χ2v) is 4.96. The molecule has 0 heterocycles. The van der Waals surface area contributed by atoms with Crippen LogP contribution in [0, 0.1) is 5.82 Å². The number of nitrogens with zero attached hydrogens (tertiary/aromatic N) is 2. The van der Waals surface area contributed by atoms with Gasteiger partial charge in [-0.3, -0.25) is 0 Å². The molecule has 0 saturated carbocycles. The number of hydrogen-bond acceptors (Lipinski definition) is 3. The van der Waals surface area contributed by atoms with Gasteiger partial charge in [0.1, 0.15) is 5.82 Å². The van der Waals surface area contributed by atoms with Crippen molar-refractivity contribution >= 4 is 17.7 Å². The van der Waals surface area contributed by atoms with Crippen molar-refractivity contribution in [3.05, 3.63) is 35.7 Å². The SMILES string of the molecule is CN(C)CCCN(C)c1ccc(C=CC(=O)O)cc1F. The molecular formula is C15H21FN2O2. The lowest BCUT2D eigenvalue weighted by molar-refractivity contribution is -0.131. The van der Waals surface area contributed by atoms with Crippen LogP contribution in [0.3, 0.4) is 0 Å². The zero-order valence-electron chi connectivity index (χ0n) is 12.1. The molecule has 1 N–H and O–H groups in total. The van der Waals surface area contributed by atoms with E-state index >= 15 is 0 Å². The van der Waals surface area contributed by atoms with Gasteiger partial charge in [-0.15, -0.1) is 0 Å². The van der Waals surface area contributed by atoms with Crippen molar-refractivity contribution in [1.29, 1.82) is 0 Å². The summed E-state index contributed by atoms with van der Waals surface area (Å²) in [5.41, 5.74) is 1.06. The Balaban J connectivity index is 2.69. The van der Waals surface area contributed by atoms with E-state index in [2.05, 4.69) is 4.90 Å². The van der Waals surface area contributed by atoms with Crippen LogP contribution in [0.2, 0.25) is 0 Å². The maximum absolute atomic E-state index is 14.0. The van der Waals surface area contributed by atoms with Crippen LogP contribution >= 0.6 is 0 Å². The highest BCUT2D eigenvalue weighted by atomic mass is 19.1. The number of halogens is 1. The summed E-state index contributed by atoms with van der Waals surface area (Å²) in [5.74, 6) is -1.39. The van der Waals surface area contributed by atoms with E-state index in [1.807, 2.05) is 26.0 Å². The molecule has 0 saturated heterocycles. The Morgan fingerprint density at radius 2 is 2.00 bits per heavy atom. The first kappa shape index (κ1) is 16.2. The van der Waals surface area contributed by atoms with E-state index in [9.17, 15) is 9.18 Å². The fourth-order valence-corrected chi connectivity index (χ4v) is 1.85. The van der Waals surface area contributed by atoms with Crippen LogP contribution in [0.25, 0.3) is 6.08 Å². The Bertz CT molecular complexity index is 487. The minimum absolute atomic E-state index is 0.343. The quantitative estimate of drug-likeness (QED) is 0.778. The standard InChI is InChI=1S/C15H21FN2O2/c1-17(2)9-4-10-18(3)14-7-5-12(11-13(14)16)6-8-15(19)20/h5-8,11H,4,9-10H2,1-3H3,(H,19,20). The van der Waals surface area contributed by atoms with E-state index in [4.69, 9.17) is 5.11 Å². The Morgan fingerprint density at radius 1 is 1.30 bits per heavy atom. The van der Waals surface area contributed by atoms with Gasteiger partial charge in [0.2, 0.25) is 0 Å². The van der Waals surface area contributed by atoms with Gasteiger partial charge in [-0.1, -0.05) is 6.07 Å². The van der Waals surface area contributed by atoms with Gasteiger partial charge < -0.3 is 14.9 Å². The van der Waals surface area contributed by atoms with Crippen LogP contribution < -0.4 is 4.90 Å². The van der Waals surface area contributed by atoms with Crippen molar-refractivity contribution in [2.75, 3.05) is 39.1 Å². The molecule has 0 bridgehead atoms. The van der Waals surface area contributed by atoms with E-state index < -0.39 is 5.97 Å². The lowest BCUT2D eigenvalue weighted by Gasteiger charge is -2.21. The summed E-state index contributed by atoms with van der Waals surface area (Å²) in [6, 6.07) is 4.73. The first-order valence-corrected chi connectivity index (χ1v) is 6.46. The predicted octanol–water partition coefficient (Wildman–Crippen LogP) is 2.31. The lowest BCUT2D eigenvalue weighted by Crippen LogP contribution is -2.24. The zero-order valence-corrected chi connectivity index (χ0v) is 12.1. The van der Waals surface area contributed by atoms with Crippen molar-refractivity contribution in [2.24, 2.45) is 0 Å². The number of rotatable bonds is 7. The van der Waals surface area contributed by atoms with Crippen molar-refractivity contribution < 1.29 is 14.3 Å². The molecule has 5 heteroatoms. The van der Waals surface area contributed by atoms with Crippen LogP contribution in [0.1, 0.15) is 12.0 Å². The van der Waals surface area contributed by atoms with Crippen LogP contribution in [-0.2, 0) is 4.79 Å². The lowest BCUT2D eigenvalue weighted by atomic mass is 10.1. The van der Waals surface area contributed by atoms with Crippen molar-refractivity contribution in [3.63, 3.8) is 0 Å². The molecule has 0 aliphatic heterocycles. The molecule has 0 aromatic heterocycles. The van der Waals surface area contributed by atoms with Crippen LogP contribution in [0.4, 0.5) is 10.1 Å². The van der Waals surface area contributed by atoms with Gasteiger partial charge in [-0.05, 0) is 50.8 Å². The van der Waals surface area contributed by atoms with Gasteiger partial charge in [0.15, 0.2) is 0 Å². The molecule has 4 nitrogen and oxygen atoms in total. The summed E-state index contributed by atoms with van der Waals surface area (Å²) >= 11 is 0. The van der Waals surface area contributed by atoms with Gasteiger partial charge >= 0.3 is 5.97 Å². The highest BCUT2D eigenvalue weighted by Crippen LogP contribution is 2.20. The third-order valence-electron chi connectivity index (χ3n) is 2.90. The summed E-state index contributed by atoms with van der Waals surface area (Å²) in [6.45, 7) is 1.71. The third kappa shape index (κ3) is 5.40. The molecule has 0 fully saturated rings. The van der Waals surface area contributed by atoms with Gasteiger partial charge in [0.05, 0.1) is 5.69 Å². The molecule has 0 aliphatic carbocycles. The smallest absolute Gasteiger partial charge is 0.328 e. The molecule has 1 aromatic carbocycles. The van der Waals surface area contributed by atoms with Gasteiger partial charge in [0, 0.05) is 19.7 Å². The molecule has 0 unspecified atom stereocenters. The maximum atomic E-state index is 14.0. The molecule has 0 spiro atoms. The molecule has 1 aromatic rings. The fourth-order valence-electron chi connectivity index (χ4n) is 1.85. The summed E-state index contributed by atoms with van der Waals surface area (Å²) in [6.07, 6.45) is 3.32. The Morgan fingerprint density at radius 3 is 2.55 bits per heavy atom. The average Bonchev–Trinajstić information content (AvgIpc) is 2.35. The van der Waals surface area contributed by atoms with Crippen molar-refractivity contribution in [3.8, 4) is 0 Å². The van der Waals surface area contributed by atoms with Crippen molar-refractivity contribution in [1.82, 2.24) is 4.90 Å². The number of carboxylic acid groups (broad SMARTS) is 1. The van der Waals surface area contributed by atoms with Crippen LogP contribution in [-0.4, -0.2) is 50.2 Å². The normalized spacial score (nSPS) is 11.2. The number of anilines is 1.